The molecular weight excluding hydrogens is 294 g/mol. The van der Waals surface area contributed by atoms with Crippen LogP contribution in [-0.4, -0.2) is 25.6 Å². The van der Waals surface area contributed by atoms with Crippen molar-refractivity contribution in [2.45, 2.75) is 19.8 Å². The maximum atomic E-state index is 12.8. The third-order valence-electron chi connectivity index (χ3n) is 3.82. The number of aromatic amines is 1. The molecule has 0 unspecified atom stereocenters. The van der Waals surface area contributed by atoms with Gasteiger partial charge in [0.2, 0.25) is 17.0 Å². The Morgan fingerprint density at radius 1 is 1.17 bits per heavy atom. The van der Waals surface area contributed by atoms with Gasteiger partial charge in [-0.2, -0.15) is 5.21 Å². The summed E-state index contributed by atoms with van der Waals surface area (Å²) in [5.41, 5.74) is 2.42. The molecule has 0 saturated heterocycles. The summed E-state index contributed by atoms with van der Waals surface area (Å²) in [6, 6.07) is 7.35. The standard InChI is InChI=1S/C16H13N5O2/c1-8(2)9-3-4-13-11(5-9)14(22)12-6-10(7-17-16(12)23-13)15-18-20-21-19-15/h3-8H,1-2H3,(H,18,19,20,21). The minimum absolute atomic E-state index is 0.110. The highest BCUT2D eigenvalue weighted by Gasteiger charge is 2.13. The third-order valence-corrected chi connectivity index (χ3v) is 3.82. The fourth-order valence-electron chi connectivity index (χ4n) is 2.52. The van der Waals surface area contributed by atoms with Crippen molar-refractivity contribution in [3.05, 3.63) is 46.2 Å². The van der Waals surface area contributed by atoms with E-state index in [1.54, 1.807) is 12.3 Å². The highest BCUT2D eigenvalue weighted by Crippen LogP contribution is 2.24. The Bertz CT molecular complexity index is 1070. The molecule has 0 fully saturated rings. The van der Waals surface area contributed by atoms with Crippen molar-refractivity contribution in [1.29, 1.82) is 0 Å². The summed E-state index contributed by atoms with van der Waals surface area (Å²) in [5.74, 6) is 0.716. The number of pyridine rings is 1. The molecule has 0 saturated carbocycles. The van der Waals surface area contributed by atoms with Gasteiger partial charge in [-0.1, -0.05) is 19.9 Å². The van der Waals surface area contributed by atoms with Crippen LogP contribution in [0.25, 0.3) is 33.5 Å². The number of rotatable bonds is 2. The number of benzene rings is 1. The molecule has 4 rings (SSSR count). The Kier molecular flexibility index (Phi) is 2.94. The summed E-state index contributed by atoms with van der Waals surface area (Å²) in [7, 11) is 0. The second kappa shape index (κ2) is 4.98. The van der Waals surface area contributed by atoms with Gasteiger partial charge in [0, 0.05) is 11.8 Å². The molecule has 0 aliphatic heterocycles. The van der Waals surface area contributed by atoms with Crippen LogP contribution in [-0.2, 0) is 0 Å². The minimum Gasteiger partial charge on any atom is -0.437 e. The Hall–Kier alpha value is -3.09. The Morgan fingerprint density at radius 3 is 2.78 bits per heavy atom. The Morgan fingerprint density at radius 2 is 2.04 bits per heavy atom. The first kappa shape index (κ1) is 13.6. The van der Waals surface area contributed by atoms with E-state index < -0.39 is 0 Å². The lowest BCUT2D eigenvalue weighted by atomic mass is 10.0. The topological polar surface area (TPSA) is 97.6 Å². The molecule has 0 aliphatic rings. The van der Waals surface area contributed by atoms with Crippen LogP contribution in [0.3, 0.4) is 0 Å². The normalized spacial score (nSPS) is 11.6. The molecule has 0 spiro atoms. The molecule has 0 aliphatic carbocycles. The van der Waals surface area contributed by atoms with Crippen LogP contribution in [0.1, 0.15) is 25.3 Å². The summed E-state index contributed by atoms with van der Waals surface area (Å²) >= 11 is 0. The Balaban J connectivity index is 2.02. The zero-order chi connectivity index (χ0) is 16.0. The second-order valence-corrected chi connectivity index (χ2v) is 5.65. The molecule has 3 heterocycles. The van der Waals surface area contributed by atoms with Crippen molar-refractivity contribution in [2.75, 3.05) is 0 Å². The fraction of sp³-hybridized carbons (Fsp3) is 0.188. The summed E-state index contributed by atoms with van der Waals surface area (Å²) in [6.45, 7) is 4.17. The zero-order valence-electron chi connectivity index (χ0n) is 12.6. The molecule has 0 radical (unpaired) electrons. The van der Waals surface area contributed by atoms with Crippen LogP contribution in [0.5, 0.6) is 0 Å². The highest BCUT2D eigenvalue weighted by molar-refractivity contribution is 5.89. The van der Waals surface area contributed by atoms with Gasteiger partial charge in [-0.25, -0.2) is 4.98 Å². The number of nitrogens with zero attached hydrogens (tertiary/aromatic N) is 4. The van der Waals surface area contributed by atoms with E-state index in [2.05, 4.69) is 39.5 Å². The van der Waals surface area contributed by atoms with Crippen molar-refractivity contribution in [3.8, 4) is 11.4 Å². The number of H-pyrrole nitrogens is 1. The van der Waals surface area contributed by atoms with E-state index in [1.807, 2.05) is 18.2 Å². The van der Waals surface area contributed by atoms with E-state index in [-0.39, 0.29) is 5.43 Å². The molecule has 0 atom stereocenters. The minimum atomic E-state index is -0.110. The average Bonchev–Trinajstić information content (AvgIpc) is 3.09. The molecule has 4 aromatic rings. The van der Waals surface area contributed by atoms with E-state index >= 15 is 0 Å². The quantitative estimate of drug-likeness (QED) is 0.572. The largest absolute Gasteiger partial charge is 0.437 e. The monoisotopic (exact) mass is 307 g/mol. The van der Waals surface area contributed by atoms with Gasteiger partial charge in [-0.05, 0) is 34.9 Å². The van der Waals surface area contributed by atoms with E-state index in [1.165, 1.54) is 0 Å². The molecule has 0 bridgehead atoms. The lowest BCUT2D eigenvalue weighted by molar-refractivity contribution is 0.644. The van der Waals surface area contributed by atoms with Crippen molar-refractivity contribution < 1.29 is 4.42 Å². The Labute approximate surface area is 130 Å². The van der Waals surface area contributed by atoms with E-state index in [4.69, 9.17) is 4.42 Å². The molecule has 7 heteroatoms. The van der Waals surface area contributed by atoms with Gasteiger partial charge in [-0.15, -0.1) is 10.2 Å². The van der Waals surface area contributed by atoms with Crippen LogP contribution in [0.15, 0.2) is 39.7 Å². The molecule has 7 nitrogen and oxygen atoms in total. The number of hydrogen-bond acceptors (Lipinski definition) is 6. The third kappa shape index (κ3) is 2.17. The number of aromatic nitrogens is 5. The SMILES string of the molecule is CC(C)c1ccc2oc3ncc(-c4nn[nH]n4)cc3c(=O)c2c1. The summed E-state index contributed by atoms with van der Waals surface area (Å²) < 4.78 is 5.76. The van der Waals surface area contributed by atoms with Crippen LogP contribution >= 0.6 is 0 Å². The molecule has 1 aromatic carbocycles. The first-order chi connectivity index (χ1) is 11.1. The summed E-state index contributed by atoms with van der Waals surface area (Å²) in [6.07, 6.45) is 1.56. The van der Waals surface area contributed by atoms with Crippen LogP contribution in [0.4, 0.5) is 0 Å². The van der Waals surface area contributed by atoms with E-state index in [0.29, 0.717) is 39.4 Å². The molecule has 23 heavy (non-hydrogen) atoms. The van der Waals surface area contributed by atoms with Gasteiger partial charge < -0.3 is 4.42 Å². The predicted molar refractivity (Wildman–Crippen MR) is 85.0 cm³/mol. The molecule has 114 valence electrons. The number of fused-ring (bicyclic) bond motifs is 2. The summed E-state index contributed by atoms with van der Waals surface area (Å²) in [4.78, 5) is 17.0. The van der Waals surface area contributed by atoms with Gasteiger partial charge in [-0.3, -0.25) is 4.79 Å². The zero-order valence-corrected chi connectivity index (χ0v) is 12.6. The van der Waals surface area contributed by atoms with E-state index in [0.717, 1.165) is 5.56 Å². The van der Waals surface area contributed by atoms with E-state index in [9.17, 15) is 4.79 Å². The number of tetrazole rings is 1. The second-order valence-electron chi connectivity index (χ2n) is 5.65. The number of hydrogen-bond donors (Lipinski definition) is 1. The van der Waals surface area contributed by atoms with Gasteiger partial charge in [0.1, 0.15) is 5.58 Å². The molecule has 3 aromatic heterocycles. The maximum Gasteiger partial charge on any atom is 0.230 e. The van der Waals surface area contributed by atoms with Crippen molar-refractivity contribution in [1.82, 2.24) is 25.6 Å². The van der Waals surface area contributed by atoms with Crippen molar-refractivity contribution in [3.63, 3.8) is 0 Å². The highest BCUT2D eigenvalue weighted by atomic mass is 16.3. The maximum absolute atomic E-state index is 12.8. The van der Waals surface area contributed by atoms with Crippen LogP contribution in [0.2, 0.25) is 0 Å². The van der Waals surface area contributed by atoms with Crippen molar-refractivity contribution >= 4 is 22.1 Å². The van der Waals surface area contributed by atoms with Crippen molar-refractivity contribution in [2.24, 2.45) is 0 Å². The lowest BCUT2D eigenvalue weighted by Crippen LogP contribution is -2.04. The summed E-state index contributed by atoms with van der Waals surface area (Å²) in [5, 5.41) is 14.7. The van der Waals surface area contributed by atoms with Crippen LogP contribution < -0.4 is 5.43 Å². The molecule has 1 N–H and O–H groups in total. The first-order valence-corrected chi connectivity index (χ1v) is 7.24. The lowest BCUT2D eigenvalue weighted by Gasteiger charge is -2.07. The van der Waals surface area contributed by atoms with Gasteiger partial charge in [0.15, 0.2) is 0 Å². The first-order valence-electron chi connectivity index (χ1n) is 7.24. The average molecular weight is 307 g/mol. The van der Waals surface area contributed by atoms with Gasteiger partial charge in [0.25, 0.3) is 0 Å². The molecule has 0 amide bonds. The number of nitrogens with one attached hydrogen (secondary N) is 1. The van der Waals surface area contributed by atoms with Gasteiger partial charge >= 0.3 is 0 Å². The smallest absolute Gasteiger partial charge is 0.230 e. The fourth-order valence-corrected chi connectivity index (χ4v) is 2.52. The van der Waals surface area contributed by atoms with Crippen LogP contribution in [0, 0.1) is 0 Å². The van der Waals surface area contributed by atoms with Gasteiger partial charge in [0.05, 0.1) is 10.8 Å². The predicted octanol–water partition coefficient (Wildman–Crippen LogP) is 2.64. The molecular formula is C16H13N5O2.